The smallest absolute Gasteiger partial charge is 0.268 e. The molecule has 0 unspecified atom stereocenters. The normalized spacial score (nSPS) is 13.2. The molecule has 37 heavy (non-hydrogen) atoms. The zero-order valence-corrected chi connectivity index (χ0v) is 19.5. The van der Waals surface area contributed by atoms with Crippen LogP contribution < -0.4 is 25.2 Å². The van der Waals surface area contributed by atoms with E-state index in [0.717, 1.165) is 10.9 Å². The molecule has 0 fully saturated rings. The van der Waals surface area contributed by atoms with E-state index in [-0.39, 0.29) is 18.9 Å². The summed E-state index contributed by atoms with van der Waals surface area (Å²) in [5.41, 5.74) is 2.29. The van der Waals surface area contributed by atoms with Crippen LogP contribution in [0, 0.1) is 0 Å². The van der Waals surface area contributed by atoms with Crippen LogP contribution in [-0.4, -0.2) is 35.6 Å². The average Bonchev–Trinajstić information content (AvgIpc) is 3.55. The van der Waals surface area contributed by atoms with Gasteiger partial charge in [0.15, 0.2) is 11.5 Å². The van der Waals surface area contributed by atoms with Gasteiger partial charge in [0.25, 0.3) is 11.8 Å². The summed E-state index contributed by atoms with van der Waals surface area (Å²) < 4.78 is 10.7. The molecule has 1 aliphatic rings. The third kappa shape index (κ3) is 5.30. The van der Waals surface area contributed by atoms with Gasteiger partial charge in [-0.05, 0) is 47.5 Å². The molecule has 5 rings (SSSR count). The van der Waals surface area contributed by atoms with Gasteiger partial charge >= 0.3 is 0 Å². The third-order valence-corrected chi connectivity index (χ3v) is 5.93. The third-order valence-electron chi connectivity index (χ3n) is 5.93. The molecular weight excluding hydrogens is 474 g/mol. The number of carbonyl (C=O) groups excluding carboxylic acids is 3. The molecule has 0 saturated heterocycles. The molecular formula is C28H22N3O6-. The van der Waals surface area contributed by atoms with Gasteiger partial charge in [-0.2, -0.15) is 0 Å². The molecule has 2 amide bonds. The monoisotopic (exact) mass is 496 g/mol. The molecule has 3 aromatic carbocycles. The Hall–Kier alpha value is -5.05. The predicted octanol–water partition coefficient (Wildman–Crippen LogP) is 2.14. The van der Waals surface area contributed by atoms with E-state index < -0.39 is 23.8 Å². The van der Waals surface area contributed by atoms with Crippen LogP contribution in [0.5, 0.6) is 11.5 Å². The number of para-hydroxylation sites is 1. The lowest BCUT2D eigenvalue weighted by Gasteiger charge is -2.21. The maximum Gasteiger partial charge on any atom is 0.268 e. The molecule has 2 heterocycles. The molecule has 4 aromatic rings. The molecule has 9 heteroatoms. The number of aliphatic carboxylic acids is 1. The second kappa shape index (κ2) is 10.3. The molecule has 0 spiro atoms. The molecule has 1 aliphatic heterocycles. The first-order valence-corrected chi connectivity index (χ1v) is 11.5. The lowest BCUT2D eigenvalue weighted by molar-refractivity contribution is -0.308. The van der Waals surface area contributed by atoms with Crippen LogP contribution in [0.1, 0.15) is 21.5 Å². The van der Waals surface area contributed by atoms with E-state index in [2.05, 4.69) is 15.6 Å². The van der Waals surface area contributed by atoms with Crippen molar-refractivity contribution in [2.45, 2.75) is 12.5 Å². The van der Waals surface area contributed by atoms with E-state index in [0.29, 0.717) is 28.2 Å². The highest BCUT2D eigenvalue weighted by Crippen LogP contribution is 2.33. The fraction of sp³-hybridized carbons (Fsp3) is 0.107. The Morgan fingerprint density at radius 1 is 0.973 bits per heavy atom. The quantitative estimate of drug-likeness (QED) is 0.320. The standard InChI is InChI=1S/C28H23N3O6/c32-26(18-6-2-1-3-7-18)30-22(12-17-10-11-24-25(13-17)37-16-36-24)27(33)31-23(28(34)35)14-19-15-29-21-9-5-4-8-20(19)21/h1-13,15,23,29H,14,16H2,(H,30,32)(H,31,33)(H,34,35)/p-1/b22-12+/t23-/m0/s1. The highest BCUT2D eigenvalue weighted by atomic mass is 16.7. The summed E-state index contributed by atoms with van der Waals surface area (Å²) >= 11 is 0. The first-order valence-electron chi connectivity index (χ1n) is 11.5. The van der Waals surface area contributed by atoms with Crippen LogP contribution in [0.4, 0.5) is 0 Å². The van der Waals surface area contributed by atoms with Crippen molar-refractivity contribution in [2.75, 3.05) is 6.79 Å². The number of H-pyrrole nitrogens is 1. The van der Waals surface area contributed by atoms with Gasteiger partial charge in [-0.3, -0.25) is 9.59 Å². The minimum absolute atomic E-state index is 0.0119. The van der Waals surface area contributed by atoms with E-state index in [1.807, 2.05) is 24.3 Å². The summed E-state index contributed by atoms with van der Waals surface area (Å²) in [6.45, 7) is 0.0850. The minimum Gasteiger partial charge on any atom is -0.548 e. The number of carbonyl (C=O) groups is 3. The Balaban J connectivity index is 1.42. The first-order chi connectivity index (χ1) is 18.0. The van der Waals surface area contributed by atoms with Crippen molar-refractivity contribution in [1.82, 2.24) is 15.6 Å². The SMILES string of the molecule is O=C(N[C@@H](Cc1c[nH]c2ccccc12)C(=O)[O-])/C(=C\c1ccc2c(c1)OCO2)NC(=O)c1ccccc1. The van der Waals surface area contributed by atoms with E-state index >= 15 is 0 Å². The number of nitrogens with one attached hydrogen (secondary N) is 3. The Bertz CT molecular complexity index is 1510. The van der Waals surface area contributed by atoms with Gasteiger partial charge in [-0.15, -0.1) is 0 Å². The molecule has 3 N–H and O–H groups in total. The van der Waals surface area contributed by atoms with Crippen molar-refractivity contribution >= 4 is 34.8 Å². The Morgan fingerprint density at radius 3 is 2.54 bits per heavy atom. The largest absolute Gasteiger partial charge is 0.548 e. The second-order valence-corrected chi connectivity index (χ2v) is 8.40. The zero-order chi connectivity index (χ0) is 25.8. The summed E-state index contributed by atoms with van der Waals surface area (Å²) in [5, 5.41) is 17.9. The van der Waals surface area contributed by atoms with E-state index in [4.69, 9.17) is 9.47 Å². The van der Waals surface area contributed by atoms with Crippen molar-refractivity contribution < 1.29 is 29.0 Å². The number of carboxylic acids is 1. The van der Waals surface area contributed by atoms with Crippen molar-refractivity contribution in [2.24, 2.45) is 0 Å². The summed E-state index contributed by atoms with van der Waals surface area (Å²) in [6, 6.07) is 19.5. The van der Waals surface area contributed by atoms with E-state index in [1.54, 1.807) is 54.7 Å². The van der Waals surface area contributed by atoms with E-state index in [9.17, 15) is 19.5 Å². The van der Waals surface area contributed by atoms with Crippen LogP contribution in [0.2, 0.25) is 0 Å². The number of carboxylic acid groups (broad SMARTS) is 1. The molecule has 0 saturated carbocycles. The second-order valence-electron chi connectivity index (χ2n) is 8.40. The van der Waals surface area contributed by atoms with Gasteiger partial charge in [0, 0.05) is 29.1 Å². The van der Waals surface area contributed by atoms with Crippen molar-refractivity contribution in [3.63, 3.8) is 0 Å². The van der Waals surface area contributed by atoms with Crippen molar-refractivity contribution in [3.8, 4) is 11.5 Å². The number of rotatable bonds is 8. The summed E-state index contributed by atoms with van der Waals surface area (Å²) in [6.07, 6.45) is 3.13. The summed E-state index contributed by atoms with van der Waals surface area (Å²) in [4.78, 5) is 41.2. The zero-order valence-electron chi connectivity index (χ0n) is 19.5. The molecule has 0 radical (unpaired) electrons. The van der Waals surface area contributed by atoms with Crippen LogP contribution in [-0.2, 0) is 16.0 Å². The van der Waals surface area contributed by atoms with Gasteiger partial charge in [0.1, 0.15) is 5.70 Å². The topological polar surface area (TPSA) is 133 Å². The molecule has 0 aliphatic carbocycles. The van der Waals surface area contributed by atoms with Crippen LogP contribution >= 0.6 is 0 Å². The average molecular weight is 496 g/mol. The Kier molecular flexibility index (Phi) is 6.58. The lowest BCUT2D eigenvalue weighted by Crippen LogP contribution is -2.50. The molecule has 9 nitrogen and oxygen atoms in total. The fourth-order valence-electron chi connectivity index (χ4n) is 4.06. The fourth-order valence-corrected chi connectivity index (χ4v) is 4.06. The number of aromatic amines is 1. The first kappa shape index (κ1) is 23.7. The molecule has 0 bridgehead atoms. The van der Waals surface area contributed by atoms with Gasteiger partial charge in [0.2, 0.25) is 6.79 Å². The number of ether oxygens (including phenoxy) is 2. The maximum atomic E-state index is 13.3. The molecule has 186 valence electrons. The number of amides is 2. The van der Waals surface area contributed by atoms with E-state index in [1.165, 1.54) is 6.08 Å². The Morgan fingerprint density at radius 2 is 1.73 bits per heavy atom. The minimum atomic E-state index is -1.45. The van der Waals surface area contributed by atoms with Gasteiger partial charge in [-0.1, -0.05) is 42.5 Å². The van der Waals surface area contributed by atoms with Gasteiger partial charge in [-0.25, -0.2) is 0 Å². The van der Waals surface area contributed by atoms with Crippen molar-refractivity contribution in [3.05, 3.63) is 101 Å². The lowest BCUT2D eigenvalue weighted by atomic mass is 10.0. The number of hydrogen-bond acceptors (Lipinski definition) is 6. The van der Waals surface area contributed by atoms with Crippen LogP contribution in [0.25, 0.3) is 17.0 Å². The predicted molar refractivity (Wildman–Crippen MR) is 133 cm³/mol. The molecule has 1 atom stereocenters. The highest BCUT2D eigenvalue weighted by Gasteiger charge is 2.21. The number of hydrogen-bond donors (Lipinski definition) is 3. The van der Waals surface area contributed by atoms with Crippen LogP contribution in [0.3, 0.4) is 0 Å². The summed E-state index contributed by atoms with van der Waals surface area (Å²) in [7, 11) is 0. The number of fused-ring (bicyclic) bond motifs is 2. The number of aromatic nitrogens is 1. The Labute approximate surface area is 211 Å². The number of benzene rings is 3. The van der Waals surface area contributed by atoms with Crippen molar-refractivity contribution in [1.29, 1.82) is 0 Å². The van der Waals surface area contributed by atoms with Gasteiger partial charge < -0.3 is 35.0 Å². The van der Waals surface area contributed by atoms with Crippen LogP contribution in [0.15, 0.2) is 84.7 Å². The maximum absolute atomic E-state index is 13.3. The highest BCUT2D eigenvalue weighted by molar-refractivity contribution is 6.06. The molecule has 1 aromatic heterocycles. The summed E-state index contributed by atoms with van der Waals surface area (Å²) in [5.74, 6) is -1.70. The van der Waals surface area contributed by atoms with Gasteiger partial charge in [0.05, 0.1) is 12.0 Å².